The summed E-state index contributed by atoms with van der Waals surface area (Å²) in [6.45, 7) is 0. The molecule has 2 amide bonds. The van der Waals surface area contributed by atoms with Crippen molar-refractivity contribution < 1.29 is 30.0 Å². The van der Waals surface area contributed by atoms with Crippen LogP contribution in [0.1, 0.15) is 20.7 Å². The van der Waals surface area contributed by atoms with E-state index in [0.29, 0.717) is 29.3 Å². The maximum absolute atomic E-state index is 11.6. The van der Waals surface area contributed by atoms with Crippen LogP contribution in [0.4, 0.5) is 0 Å². The minimum Gasteiger partial charge on any atom is -0.587 e. The third kappa shape index (κ3) is 1.86. The summed E-state index contributed by atoms with van der Waals surface area (Å²) in [7, 11) is 0. The van der Waals surface area contributed by atoms with Crippen LogP contribution in [0.15, 0.2) is 0 Å². The topological polar surface area (TPSA) is 74.0 Å². The standard InChI is InChI=1S/C8HI2N3O2S.Re/c9-3-1-2(8(15)11-7(1)14)4(10)6-5(3)12-16-13-6;/h(H,11,14,15);/p-1. The van der Waals surface area contributed by atoms with Crippen LogP contribution in [-0.2, 0) is 20.4 Å². The number of carbonyl (C=O) groups excluding carboxylic acids is 2. The molecule has 1 aromatic carbocycles. The molecule has 0 unspecified atom stereocenters. The Labute approximate surface area is 140 Å². The molecule has 9 heteroatoms. The number of nitrogens with zero attached hydrogens (tertiary/aromatic N) is 3. The van der Waals surface area contributed by atoms with E-state index in [-0.39, 0.29) is 20.4 Å². The van der Waals surface area contributed by atoms with Gasteiger partial charge in [-0.2, -0.15) is 8.75 Å². The fraction of sp³-hybridized carbons (Fsp3) is 0. The van der Waals surface area contributed by atoms with Gasteiger partial charge in [0.2, 0.25) is 0 Å². The maximum atomic E-state index is 11.6. The van der Waals surface area contributed by atoms with E-state index in [1.165, 1.54) is 0 Å². The summed E-state index contributed by atoms with van der Waals surface area (Å²) in [6, 6.07) is 0. The summed E-state index contributed by atoms with van der Waals surface area (Å²) >= 11 is 5.09. The zero-order chi connectivity index (χ0) is 11.4. The van der Waals surface area contributed by atoms with Gasteiger partial charge in [-0.25, -0.2) is 0 Å². The molecule has 0 bridgehead atoms. The summed E-state index contributed by atoms with van der Waals surface area (Å²) in [5, 5.41) is 3.44. The molecule has 0 aliphatic carbocycles. The van der Waals surface area contributed by atoms with Gasteiger partial charge in [0.15, 0.2) is 0 Å². The van der Waals surface area contributed by atoms with Gasteiger partial charge in [0.25, 0.3) is 0 Å². The molecular formula is C8I2N3O2ReS-. The minimum absolute atomic E-state index is 0. The Kier molecular flexibility index (Phi) is 3.85. The van der Waals surface area contributed by atoms with Crippen molar-refractivity contribution in [1.82, 2.24) is 8.75 Å². The molecule has 0 saturated heterocycles. The molecule has 87 valence electrons. The number of halogens is 2. The van der Waals surface area contributed by atoms with E-state index in [1.807, 2.05) is 45.2 Å². The Bertz CT molecular complexity index is 618. The van der Waals surface area contributed by atoms with Gasteiger partial charge in [-0.15, -0.1) is 0 Å². The van der Waals surface area contributed by atoms with Crippen molar-refractivity contribution in [3.8, 4) is 0 Å². The second-order valence-electron chi connectivity index (χ2n) is 3.06. The monoisotopic (exact) mass is 643 g/mol. The number of aromatic nitrogens is 2. The summed E-state index contributed by atoms with van der Waals surface area (Å²) in [6.07, 6.45) is 0. The maximum Gasteiger partial charge on any atom is 0.119 e. The van der Waals surface area contributed by atoms with E-state index in [2.05, 4.69) is 14.1 Å². The summed E-state index contributed by atoms with van der Waals surface area (Å²) in [4.78, 5) is 23.1. The first-order valence-corrected chi connectivity index (χ1v) is 6.93. The number of rotatable bonds is 0. The molecular weight excluding hydrogens is 642 g/mol. The molecule has 1 aliphatic rings. The zero-order valence-electron chi connectivity index (χ0n) is 7.70. The van der Waals surface area contributed by atoms with Gasteiger partial charge in [-0.05, 0) is 45.2 Å². The molecule has 0 atom stereocenters. The van der Waals surface area contributed by atoms with Gasteiger partial charge in [0.05, 0.1) is 30.7 Å². The van der Waals surface area contributed by atoms with E-state index in [9.17, 15) is 9.59 Å². The number of imide groups is 1. The van der Waals surface area contributed by atoms with Crippen molar-refractivity contribution in [3.63, 3.8) is 0 Å². The Morgan fingerprint density at radius 3 is 1.76 bits per heavy atom. The normalized spacial score (nSPS) is 13.5. The smallest absolute Gasteiger partial charge is 0.119 e. The molecule has 3 rings (SSSR count). The van der Waals surface area contributed by atoms with E-state index >= 15 is 0 Å². The van der Waals surface area contributed by atoms with Crippen molar-refractivity contribution in [1.29, 1.82) is 0 Å². The van der Waals surface area contributed by atoms with Crippen molar-refractivity contribution in [2.24, 2.45) is 0 Å². The van der Waals surface area contributed by atoms with Gasteiger partial charge in [-0.1, -0.05) is 0 Å². The molecule has 2 heterocycles. The molecule has 1 aliphatic heterocycles. The van der Waals surface area contributed by atoms with E-state index < -0.39 is 11.8 Å². The summed E-state index contributed by atoms with van der Waals surface area (Å²) < 4.78 is 9.58. The first-order chi connectivity index (χ1) is 7.61. The Balaban J connectivity index is 0.00000108. The number of carbonyl (C=O) groups is 2. The predicted molar refractivity (Wildman–Crippen MR) is 74.9 cm³/mol. The van der Waals surface area contributed by atoms with Gasteiger partial charge in [-0.3, -0.25) is 0 Å². The number of hydrogen-bond donors (Lipinski definition) is 0. The first kappa shape index (κ1) is 13.7. The second-order valence-corrected chi connectivity index (χ2v) is 5.75. The van der Waals surface area contributed by atoms with Crippen LogP contribution in [0.5, 0.6) is 0 Å². The molecule has 5 nitrogen and oxygen atoms in total. The quantitative estimate of drug-likeness (QED) is 0.328. The van der Waals surface area contributed by atoms with Crippen molar-refractivity contribution in [3.05, 3.63) is 23.6 Å². The Hall–Kier alpha value is 0.302. The van der Waals surface area contributed by atoms with Gasteiger partial charge >= 0.3 is 0 Å². The van der Waals surface area contributed by atoms with Gasteiger partial charge < -0.3 is 14.9 Å². The Morgan fingerprint density at radius 2 is 1.35 bits per heavy atom. The fourth-order valence-corrected chi connectivity index (χ4v) is 4.18. The number of fused-ring (bicyclic) bond motifs is 2. The fourth-order valence-electron chi connectivity index (χ4n) is 1.54. The zero-order valence-corrected chi connectivity index (χ0v) is 15.5. The molecule has 0 saturated carbocycles. The largest absolute Gasteiger partial charge is 0.587 e. The van der Waals surface area contributed by atoms with Crippen LogP contribution in [-0.4, -0.2) is 20.6 Å². The van der Waals surface area contributed by atoms with Crippen LogP contribution in [0, 0.1) is 7.14 Å². The average molecular weight is 642 g/mol. The van der Waals surface area contributed by atoms with E-state index in [4.69, 9.17) is 0 Å². The minimum atomic E-state index is -0.475. The van der Waals surface area contributed by atoms with Gasteiger partial charge in [0, 0.05) is 31.5 Å². The van der Waals surface area contributed by atoms with Crippen LogP contribution in [0.3, 0.4) is 0 Å². The number of hydrogen-bond acceptors (Lipinski definition) is 5. The molecule has 0 spiro atoms. The Morgan fingerprint density at radius 1 is 0.941 bits per heavy atom. The van der Waals surface area contributed by atoms with Crippen LogP contribution in [0.2, 0.25) is 0 Å². The summed E-state index contributed by atoms with van der Waals surface area (Å²) in [5.41, 5.74) is 2.09. The average Bonchev–Trinajstić information content (AvgIpc) is 2.80. The van der Waals surface area contributed by atoms with Crippen LogP contribution in [0.25, 0.3) is 16.4 Å². The molecule has 0 N–H and O–H groups in total. The van der Waals surface area contributed by atoms with Crippen molar-refractivity contribution >= 4 is 79.8 Å². The summed E-state index contributed by atoms with van der Waals surface area (Å²) in [5.74, 6) is -0.950. The van der Waals surface area contributed by atoms with Crippen LogP contribution < -0.4 is 0 Å². The van der Waals surface area contributed by atoms with Crippen molar-refractivity contribution in [2.45, 2.75) is 0 Å². The van der Waals surface area contributed by atoms with Gasteiger partial charge in [0.1, 0.15) is 11.0 Å². The molecule has 0 fully saturated rings. The molecule has 1 radical (unpaired) electrons. The van der Waals surface area contributed by atoms with Crippen molar-refractivity contribution in [2.75, 3.05) is 0 Å². The molecule has 17 heavy (non-hydrogen) atoms. The first-order valence-electron chi connectivity index (χ1n) is 4.05. The molecule has 2 aromatic rings. The third-order valence-corrected chi connectivity index (χ3v) is 4.85. The number of benzene rings is 1. The van der Waals surface area contributed by atoms with Crippen LogP contribution >= 0.6 is 56.9 Å². The van der Waals surface area contributed by atoms with E-state index in [1.54, 1.807) is 0 Å². The third-order valence-electron chi connectivity index (χ3n) is 2.22. The van der Waals surface area contributed by atoms with E-state index in [0.717, 1.165) is 11.7 Å². The molecule has 1 aromatic heterocycles. The number of amides is 2. The second kappa shape index (κ2) is 4.77. The SMILES string of the molecule is O=C1[N-]C(=O)c2c1c(I)c1nsnc1c2I.[Re]. The predicted octanol–water partition coefficient (Wildman–Crippen LogP) is 2.57.